The Hall–Kier alpha value is 0.310. The second-order valence-corrected chi connectivity index (χ2v) is 6.62. The molecule has 2 unspecified atom stereocenters. The lowest BCUT2D eigenvalue weighted by Gasteiger charge is -2.41. The summed E-state index contributed by atoms with van der Waals surface area (Å²) in [6, 6.07) is 0. The normalized spacial score (nSPS) is 37.8. The Morgan fingerprint density at radius 1 is 1.27 bits per heavy atom. The molecule has 0 radical (unpaired) electrons. The Morgan fingerprint density at radius 3 is 2.80 bits per heavy atom. The van der Waals surface area contributed by atoms with Gasteiger partial charge in [-0.15, -0.1) is 0 Å². The molecule has 15 heavy (non-hydrogen) atoms. The fourth-order valence-electron chi connectivity index (χ4n) is 3.05. The van der Waals surface area contributed by atoms with Crippen LogP contribution in [0.1, 0.15) is 58.3 Å². The van der Waals surface area contributed by atoms with Gasteiger partial charge < -0.3 is 5.32 Å². The summed E-state index contributed by atoms with van der Waals surface area (Å²) in [5, 5.41) is 4.76. The molecule has 2 heterocycles. The van der Waals surface area contributed by atoms with E-state index in [1.54, 1.807) is 0 Å². The van der Waals surface area contributed by atoms with E-state index in [4.69, 9.17) is 0 Å². The van der Waals surface area contributed by atoms with Gasteiger partial charge in [0.05, 0.1) is 0 Å². The quantitative estimate of drug-likeness (QED) is 0.791. The molecule has 0 amide bonds. The van der Waals surface area contributed by atoms with Crippen LogP contribution in [-0.4, -0.2) is 23.1 Å². The van der Waals surface area contributed by atoms with E-state index in [0.717, 1.165) is 5.25 Å². The van der Waals surface area contributed by atoms with Gasteiger partial charge in [0.1, 0.15) is 0 Å². The minimum absolute atomic E-state index is 0.507. The molecule has 2 fully saturated rings. The zero-order valence-corrected chi connectivity index (χ0v) is 10.9. The van der Waals surface area contributed by atoms with Gasteiger partial charge in [-0.3, -0.25) is 0 Å². The molecule has 0 aromatic rings. The van der Waals surface area contributed by atoms with Crippen LogP contribution in [0.5, 0.6) is 0 Å². The second kappa shape index (κ2) is 5.58. The smallest absolute Gasteiger partial charge is 0.0189 e. The Kier molecular flexibility index (Phi) is 4.39. The Labute approximate surface area is 98.8 Å². The summed E-state index contributed by atoms with van der Waals surface area (Å²) in [5.41, 5.74) is 0.507. The largest absolute Gasteiger partial charge is 0.311 e. The fraction of sp³-hybridized carbons (Fsp3) is 1.00. The van der Waals surface area contributed by atoms with E-state index in [-0.39, 0.29) is 0 Å². The van der Waals surface area contributed by atoms with Crippen molar-refractivity contribution in [1.29, 1.82) is 0 Å². The molecule has 1 N–H and O–H groups in total. The maximum atomic E-state index is 3.82. The van der Waals surface area contributed by atoms with Crippen LogP contribution in [0.3, 0.4) is 0 Å². The predicted molar refractivity (Wildman–Crippen MR) is 69.6 cm³/mol. The van der Waals surface area contributed by atoms with E-state index in [2.05, 4.69) is 24.0 Å². The summed E-state index contributed by atoms with van der Waals surface area (Å²) >= 11 is 2.23. The minimum Gasteiger partial charge on any atom is -0.311 e. The van der Waals surface area contributed by atoms with Crippen molar-refractivity contribution in [2.75, 3.05) is 12.3 Å². The number of rotatable bonds is 3. The Bertz CT molecular complexity index is 181. The summed E-state index contributed by atoms with van der Waals surface area (Å²) in [5.74, 6) is 1.41. The van der Waals surface area contributed by atoms with Crippen molar-refractivity contribution in [3.8, 4) is 0 Å². The summed E-state index contributed by atoms with van der Waals surface area (Å²) < 4.78 is 0. The Morgan fingerprint density at radius 2 is 2.20 bits per heavy atom. The second-order valence-electron chi connectivity index (χ2n) is 5.21. The van der Waals surface area contributed by atoms with Crippen LogP contribution in [0.2, 0.25) is 0 Å². The van der Waals surface area contributed by atoms with Crippen molar-refractivity contribution in [3.63, 3.8) is 0 Å². The van der Waals surface area contributed by atoms with Crippen molar-refractivity contribution in [1.82, 2.24) is 5.32 Å². The average Bonchev–Trinajstić information content (AvgIpc) is 2.32. The van der Waals surface area contributed by atoms with E-state index in [1.807, 2.05) is 0 Å². The molecule has 0 aromatic heterocycles. The number of thioether (sulfide) groups is 1. The molecule has 2 saturated heterocycles. The molecule has 0 aromatic carbocycles. The monoisotopic (exact) mass is 227 g/mol. The summed E-state index contributed by atoms with van der Waals surface area (Å²) in [6.07, 6.45) is 11.4. The molecule has 0 bridgehead atoms. The highest BCUT2D eigenvalue weighted by Gasteiger charge is 2.32. The van der Waals surface area contributed by atoms with Gasteiger partial charge in [0, 0.05) is 10.8 Å². The third kappa shape index (κ3) is 3.13. The van der Waals surface area contributed by atoms with Crippen LogP contribution in [0.4, 0.5) is 0 Å². The molecule has 2 heteroatoms. The lowest BCUT2D eigenvalue weighted by molar-refractivity contribution is 0.224. The van der Waals surface area contributed by atoms with Gasteiger partial charge in [0.2, 0.25) is 0 Å². The molecule has 88 valence electrons. The number of nitrogens with one attached hydrogen (secondary N) is 1. The number of hydrogen-bond donors (Lipinski definition) is 1. The summed E-state index contributed by atoms with van der Waals surface area (Å²) in [4.78, 5) is 0. The van der Waals surface area contributed by atoms with E-state index >= 15 is 0 Å². The molecule has 2 atom stereocenters. The lowest BCUT2D eigenvalue weighted by Crippen LogP contribution is -2.49. The maximum Gasteiger partial charge on any atom is 0.0189 e. The van der Waals surface area contributed by atoms with Gasteiger partial charge in [-0.25, -0.2) is 0 Å². The van der Waals surface area contributed by atoms with E-state index in [1.165, 1.54) is 63.7 Å². The highest BCUT2D eigenvalue weighted by molar-refractivity contribution is 7.99. The molecular weight excluding hydrogens is 202 g/mol. The first-order chi connectivity index (χ1) is 7.35. The first kappa shape index (κ1) is 11.8. The van der Waals surface area contributed by atoms with Gasteiger partial charge in [0.25, 0.3) is 0 Å². The highest BCUT2D eigenvalue weighted by Crippen LogP contribution is 2.35. The third-order valence-electron chi connectivity index (χ3n) is 4.15. The van der Waals surface area contributed by atoms with Gasteiger partial charge >= 0.3 is 0 Å². The maximum absolute atomic E-state index is 3.82. The zero-order valence-electron chi connectivity index (χ0n) is 10.1. The van der Waals surface area contributed by atoms with Gasteiger partial charge in [-0.2, -0.15) is 11.8 Å². The summed E-state index contributed by atoms with van der Waals surface area (Å²) in [6.45, 7) is 3.62. The van der Waals surface area contributed by atoms with Crippen LogP contribution in [0, 0.1) is 0 Å². The predicted octanol–water partition coefficient (Wildman–Crippen LogP) is 3.58. The van der Waals surface area contributed by atoms with E-state index in [9.17, 15) is 0 Å². The average molecular weight is 227 g/mol. The van der Waals surface area contributed by atoms with Crippen molar-refractivity contribution < 1.29 is 0 Å². The molecule has 0 saturated carbocycles. The van der Waals surface area contributed by atoms with Gasteiger partial charge in [-0.1, -0.05) is 19.8 Å². The van der Waals surface area contributed by atoms with E-state index in [0.29, 0.717) is 5.54 Å². The Balaban J connectivity index is 1.87. The molecular formula is C13H25NS. The van der Waals surface area contributed by atoms with Crippen molar-refractivity contribution in [3.05, 3.63) is 0 Å². The fourth-order valence-corrected chi connectivity index (χ4v) is 4.53. The number of piperidine rings is 1. The first-order valence-corrected chi connectivity index (χ1v) is 7.76. The van der Waals surface area contributed by atoms with Crippen LogP contribution in [-0.2, 0) is 0 Å². The van der Waals surface area contributed by atoms with Crippen LogP contribution in [0.15, 0.2) is 0 Å². The van der Waals surface area contributed by atoms with Crippen LogP contribution in [0.25, 0.3) is 0 Å². The van der Waals surface area contributed by atoms with Gasteiger partial charge in [0.15, 0.2) is 0 Å². The highest BCUT2D eigenvalue weighted by atomic mass is 32.2. The molecule has 0 spiro atoms. The molecule has 2 aliphatic heterocycles. The summed E-state index contributed by atoms with van der Waals surface area (Å²) in [7, 11) is 0. The van der Waals surface area contributed by atoms with Gasteiger partial charge in [-0.05, 0) is 50.8 Å². The van der Waals surface area contributed by atoms with Crippen molar-refractivity contribution in [2.45, 2.75) is 69.1 Å². The topological polar surface area (TPSA) is 12.0 Å². The SMILES string of the molecule is CCC1(CC2CCCCS2)CCCCN1. The first-order valence-electron chi connectivity index (χ1n) is 6.71. The number of hydrogen-bond acceptors (Lipinski definition) is 2. The lowest BCUT2D eigenvalue weighted by atomic mass is 9.81. The third-order valence-corrected chi connectivity index (χ3v) is 5.55. The molecule has 1 nitrogen and oxygen atoms in total. The minimum atomic E-state index is 0.507. The van der Waals surface area contributed by atoms with Crippen molar-refractivity contribution >= 4 is 11.8 Å². The standard InChI is InChI=1S/C13H25NS/c1-2-13(8-4-5-9-14-13)11-12-7-3-6-10-15-12/h12,14H,2-11H2,1H3. The molecule has 2 aliphatic rings. The molecule has 0 aliphatic carbocycles. The molecule has 2 rings (SSSR count). The van der Waals surface area contributed by atoms with E-state index < -0.39 is 0 Å². The van der Waals surface area contributed by atoms with Crippen molar-refractivity contribution in [2.24, 2.45) is 0 Å². The van der Waals surface area contributed by atoms with Crippen LogP contribution < -0.4 is 5.32 Å². The zero-order chi connectivity index (χ0) is 10.6. The van der Waals surface area contributed by atoms with Crippen LogP contribution >= 0.6 is 11.8 Å².